The van der Waals surface area contributed by atoms with Gasteiger partial charge in [-0.05, 0) is 5.56 Å². The van der Waals surface area contributed by atoms with Gasteiger partial charge in [0.2, 0.25) is 5.91 Å². The molecule has 2 N–H and O–H groups in total. The Kier molecular flexibility index (Phi) is 5.41. The van der Waals surface area contributed by atoms with Crippen molar-refractivity contribution in [3.63, 3.8) is 0 Å². The Hall–Kier alpha value is -1.10. The lowest BCUT2D eigenvalue weighted by Crippen LogP contribution is -2.44. The van der Waals surface area contributed by atoms with Gasteiger partial charge >= 0.3 is 0 Å². The van der Waals surface area contributed by atoms with E-state index < -0.39 is 0 Å². The quantitative estimate of drug-likeness (QED) is 0.858. The van der Waals surface area contributed by atoms with Gasteiger partial charge in [-0.1, -0.05) is 30.3 Å². The molecule has 0 spiro atoms. The second-order valence-corrected chi connectivity index (χ2v) is 3.81. The fourth-order valence-corrected chi connectivity index (χ4v) is 1.87. The van der Waals surface area contributed by atoms with Crippen LogP contribution in [0.4, 0.5) is 0 Å². The van der Waals surface area contributed by atoms with Gasteiger partial charge in [-0.3, -0.25) is 4.79 Å². The maximum absolute atomic E-state index is 11.5. The predicted octanol–water partition coefficient (Wildman–Crippen LogP) is 0.967. The lowest BCUT2D eigenvalue weighted by Gasteiger charge is -2.33. The number of halogens is 1. The molecule has 1 aromatic rings. The fraction of sp³-hybridized carbons (Fsp3) is 0.417. The molecule has 1 fully saturated rings. The minimum absolute atomic E-state index is 0. The van der Waals surface area contributed by atoms with Crippen LogP contribution in [-0.4, -0.2) is 37.0 Å². The number of hydrogen-bond donors (Lipinski definition) is 1. The van der Waals surface area contributed by atoms with Crippen molar-refractivity contribution in [3.8, 4) is 0 Å². The molecule has 1 aliphatic heterocycles. The molecule has 1 aliphatic rings. The fourth-order valence-electron chi connectivity index (χ4n) is 1.87. The zero-order valence-electron chi connectivity index (χ0n) is 9.54. The van der Waals surface area contributed by atoms with Crippen LogP contribution in [0.2, 0.25) is 0 Å². The summed E-state index contributed by atoms with van der Waals surface area (Å²) in [5.74, 6) is -0.00997. The van der Waals surface area contributed by atoms with Gasteiger partial charge in [-0.15, -0.1) is 12.4 Å². The number of hydrogen-bond acceptors (Lipinski definition) is 3. The second-order valence-electron chi connectivity index (χ2n) is 3.81. The number of rotatable bonds is 2. The minimum atomic E-state index is -0.0227. The smallest absolute Gasteiger partial charge is 0.236 e. The summed E-state index contributed by atoms with van der Waals surface area (Å²) in [5, 5.41) is 0. The van der Waals surface area contributed by atoms with Gasteiger partial charge in [-0.2, -0.15) is 0 Å². The normalized spacial score (nSPS) is 19.6. The van der Waals surface area contributed by atoms with E-state index >= 15 is 0 Å². The van der Waals surface area contributed by atoms with Gasteiger partial charge in [0, 0.05) is 6.54 Å². The molecule has 5 heteroatoms. The van der Waals surface area contributed by atoms with Gasteiger partial charge in [0.1, 0.15) is 6.10 Å². The van der Waals surface area contributed by atoms with Gasteiger partial charge in [0.15, 0.2) is 0 Å². The van der Waals surface area contributed by atoms with Crippen molar-refractivity contribution in [2.24, 2.45) is 5.73 Å². The summed E-state index contributed by atoms with van der Waals surface area (Å²) in [5.41, 5.74) is 6.46. The summed E-state index contributed by atoms with van der Waals surface area (Å²) >= 11 is 0. The second kappa shape index (κ2) is 6.59. The van der Waals surface area contributed by atoms with Crippen molar-refractivity contribution >= 4 is 18.3 Å². The van der Waals surface area contributed by atoms with Gasteiger partial charge in [0.25, 0.3) is 0 Å². The number of nitrogens with zero attached hydrogens (tertiary/aromatic N) is 1. The van der Waals surface area contributed by atoms with Gasteiger partial charge in [0.05, 0.1) is 19.7 Å². The van der Waals surface area contributed by atoms with Crippen LogP contribution in [0.3, 0.4) is 0 Å². The number of ether oxygens (including phenoxy) is 1. The molecule has 0 saturated carbocycles. The van der Waals surface area contributed by atoms with E-state index in [2.05, 4.69) is 0 Å². The van der Waals surface area contributed by atoms with Crippen LogP contribution in [0.1, 0.15) is 11.7 Å². The molecule has 17 heavy (non-hydrogen) atoms. The Labute approximate surface area is 107 Å². The number of carbonyl (C=O) groups excluding carboxylic acids is 1. The lowest BCUT2D eigenvalue weighted by atomic mass is 10.1. The highest BCUT2D eigenvalue weighted by atomic mass is 35.5. The number of morpholine rings is 1. The van der Waals surface area contributed by atoms with Crippen LogP contribution >= 0.6 is 12.4 Å². The highest BCUT2D eigenvalue weighted by Gasteiger charge is 2.24. The van der Waals surface area contributed by atoms with E-state index in [1.807, 2.05) is 30.3 Å². The van der Waals surface area contributed by atoms with Gasteiger partial charge in [-0.25, -0.2) is 0 Å². The van der Waals surface area contributed by atoms with Crippen LogP contribution in [0, 0.1) is 0 Å². The Morgan fingerprint density at radius 3 is 2.76 bits per heavy atom. The van der Waals surface area contributed by atoms with Crippen LogP contribution in [-0.2, 0) is 9.53 Å². The molecule has 4 nitrogen and oxygen atoms in total. The number of benzene rings is 1. The van der Waals surface area contributed by atoms with Crippen molar-refractivity contribution in [1.29, 1.82) is 0 Å². The maximum Gasteiger partial charge on any atom is 0.236 e. The average Bonchev–Trinajstić information content (AvgIpc) is 2.39. The predicted molar refractivity (Wildman–Crippen MR) is 68.0 cm³/mol. The SMILES string of the molecule is Cl.NCC(=O)N1CCOC(c2ccccc2)C1. The third-order valence-corrected chi connectivity index (χ3v) is 2.77. The molecular formula is C12H17ClN2O2. The molecule has 1 heterocycles. The lowest BCUT2D eigenvalue weighted by molar-refractivity contribution is -0.137. The number of carbonyl (C=O) groups is 1. The first-order valence-corrected chi connectivity index (χ1v) is 5.45. The van der Waals surface area contributed by atoms with Crippen LogP contribution in [0.15, 0.2) is 30.3 Å². The molecule has 2 rings (SSSR count). The standard InChI is InChI=1S/C12H16N2O2.ClH/c13-8-12(15)14-6-7-16-11(9-14)10-4-2-1-3-5-10;/h1-5,11H,6-9,13H2;1H. The topological polar surface area (TPSA) is 55.6 Å². The summed E-state index contributed by atoms with van der Waals surface area (Å²) in [6.45, 7) is 1.88. The van der Waals surface area contributed by atoms with Gasteiger partial charge < -0.3 is 15.4 Å². The summed E-state index contributed by atoms with van der Waals surface area (Å²) in [6, 6.07) is 9.95. The molecule has 1 amide bonds. The third-order valence-electron chi connectivity index (χ3n) is 2.77. The summed E-state index contributed by atoms with van der Waals surface area (Å²) in [4.78, 5) is 13.3. The van der Waals surface area contributed by atoms with Crippen LogP contribution in [0.5, 0.6) is 0 Å². The van der Waals surface area contributed by atoms with E-state index in [1.165, 1.54) is 0 Å². The highest BCUT2D eigenvalue weighted by Crippen LogP contribution is 2.21. The molecule has 1 aromatic carbocycles. The first kappa shape index (κ1) is 14.0. The van der Waals surface area contributed by atoms with Crippen molar-refractivity contribution in [3.05, 3.63) is 35.9 Å². The summed E-state index contributed by atoms with van der Waals surface area (Å²) < 4.78 is 5.65. The first-order valence-electron chi connectivity index (χ1n) is 5.45. The molecular weight excluding hydrogens is 240 g/mol. The van der Waals surface area contributed by atoms with E-state index in [0.717, 1.165) is 5.56 Å². The van der Waals surface area contributed by atoms with Crippen LogP contribution < -0.4 is 5.73 Å². The molecule has 1 unspecified atom stereocenters. The monoisotopic (exact) mass is 256 g/mol. The third kappa shape index (κ3) is 3.43. The Morgan fingerprint density at radius 2 is 2.12 bits per heavy atom. The molecule has 94 valence electrons. The minimum Gasteiger partial charge on any atom is -0.370 e. The molecule has 1 atom stereocenters. The Morgan fingerprint density at radius 1 is 1.41 bits per heavy atom. The zero-order chi connectivity index (χ0) is 11.4. The van der Waals surface area contributed by atoms with Crippen molar-refractivity contribution in [2.45, 2.75) is 6.10 Å². The average molecular weight is 257 g/mol. The molecule has 0 aliphatic carbocycles. The van der Waals surface area contributed by atoms with E-state index in [1.54, 1.807) is 4.90 Å². The van der Waals surface area contributed by atoms with E-state index in [9.17, 15) is 4.79 Å². The van der Waals surface area contributed by atoms with Crippen molar-refractivity contribution in [1.82, 2.24) is 4.90 Å². The number of amides is 1. The zero-order valence-corrected chi connectivity index (χ0v) is 10.4. The largest absolute Gasteiger partial charge is 0.370 e. The van der Waals surface area contributed by atoms with E-state index in [-0.39, 0.29) is 31.0 Å². The Bertz CT molecular complexity index is 359. The van der Waals surface area contributed by atoms with E-state index in [4.69, 9.17) is 10.5 Å². The Balaban J connectivity index is 0.00000144. The van der Waals surface area contributed by atoms with E-state index in [0.29, 0.717) is 19.7 Å². The maximum atomic E-state index is 11.5. The molecule has 0 radical (unpaired) electrons. The molecule has 0 bridgehead atoms. The molecule has 0 aromatic heterocycles. The summed E-state index contributed by atoms with van der Waals surface area (Å²) in [6.07, 6.45) is -0.0227. The number of nitrogens with two attached hydrogens (primary N) is 1. The summed E-state index contributed by atoms with van der Waals surface area (Å²) in [7, 11) is 0. The highest BCUT2D eigenvalue weighted by molar-refractivity contribution is 5.85. The van der Waals surface area contributed by atoms with Crippen molar-refractivity contribution in [2.75, 3.05) is 26.2 Å². The molecule has 1 saturated heterocycles. The first-order chi connectivity index (χ1) is 7.81. The van der Waals surface area contributed by atoms with Crippen molar-refractivity contribution < 1.29 is 9.53 Å². The van der Waals surface area contributed by atoms with Crippen LogP contribution in [0.25, 0.3) is 0 Å².